The Kier molecular flexibility index (Phi) is 7.32. The molecule has 1 atom stereocenters. The molecule has 1 heterocycles. The van der Waals surface area contributed by atoms with E-state index in [-0.39, 0.29) is 18.2 Å². The number of hydrogen-bond donors (Lipinski definition) is 1. The van der Waals surface area contributed by atoms with Crippen LogP contribution in [-0.4, -0.2) is 34.2 Å². The van der Waals surface area contributed by atoms with Gasteiger partial charge >= 0.3 is 0 Å². The van der Waals surface area contributed by atoms with Crippen molar-refractivity contribution in [2.75, 3.05) is 12.4 Å². The molecule has 0 radical (unpaired) electrons. The van der Waals surface area contributed by atoms with Crippen LogP contribution in [0.5, 0.6) is 5.75 Å². The number of nitrogens with one attached hydrogen (secondary N) is 1. The van der Waals surface area contributed by atoms with Crippen LogP contribution in [0.4, 0.5) is 11.4 Å². The number of nitrogens with zero attached hydrogens (tertiary/aromatic N) is 2. The molecular weight excluding hydrogens is 458 g/mol. The molecule has 3 aromatic carbocycles. The van der Waals surface area contributed by atoms with Crippen molar-refractivity contribution >= 4 is 51.7 Å². The van der Waals surface area contributed by atoms with E-state index in [0.717, 1.165) is 5.56 Å². The summed E-state index contributed by atoms with van der Waals surface area (Å²) in [5.74, 6) is 0.311. The predicted octanol–water partition coefficient (Wildman–Crippen LogP) is 5.51. The Morgan fingerprint density at radius 2 is 1.79 bits per heavy atom. The van der Waals surface area contributed by atoms with E-state index in [1.165, 1.54) is 11.8 Å². The Labute approximate surface area is 201 Å². The van der Waals surface area contributed by atoms with Gasteiger partial charge in [0, 0.05) is 17.1 Å². The number of aliphatic imine (C=N–C) groups is 1. The SMILES string of the molecule is COc1ccc(N=C2S[C@H](C(=O)Nc3ccc(Cl)cc3)CC(=O)N2Cc2ccccc2)cc1. The number of anilines is 1. The highest BCUT2D eigenvalue weighted by Gasteiger charge is 2.36. The minimum Gasteiger partial charge on any atom is -0.497 e. The molecule has 2 amide bonds. The van der Waals surface area contributed by atoms with Gasteiger partial charge in [-0.2, -0.15) is 0 Å². The molecule has 0 unspecified atom stereocenters. The van der Waals surface area contributed by atoms with E-state index >= 15 is 0 Å². The van der Waals surface area contributed by atoms with Crippen molar-refractivity contribution in [2.24, 2.45) is 4.99 Å². The molecule has 1 saturated heterocycles. The first kappa shape index (κ1) is 22.9. The van der Waals surface area contributed by atoms with E-state index in [9.17, 15) is 9.59 Å². The lowest BCUT2D eigenvalue weighted by Crippen LogP contribution is -2.44. The lowest BCUT2D eigenvalue weighted by molar-refractivity contribution is -0.129. The van der Waals surface area contributed by atoms with E-state index in [2.05, 4.69) is 5.32 Å². The standard InChI is InChI=1S/C25H22ClN3O3S/c1-32-21-13-11-20(12-14-21)28-25-29(16-17-5-3-2-4-6-17)23(30)15-22(33-25)24(31)27-19-9-7-18(26)8-10-19/h2-14,22H,15-16H2,1H3,(H,27,31)/t22-/m0/s1. The van der Waals surface area contributed by atoms with Crippen LogP contribution in [0.15, 0.2) is 83.9 Å². The van der Waals surface area contributed by atoms with Crippen LogP contribution in [0.1, 0.15) is 12.0 Å². The second-order valence-corrected chi connectivity index (χ2v) is 8.97. The van der Waals surface area contributed by atoms with Crippen molar-refractivity contribution in [3.63, 3.8) is 0 Å². The molecule has 0 saturated carbocycles. The fourth-order valence-electron chi connectivity index (χ4n) is 3.29. The van der Waals surface area contributed by atoms with E-state index in [1.54, 1.807) is 48.4 Å². The van der Waals surface area contributed by atoms with Crippen LogP contribution in [0.3, 0.4) is 0 Å². The Morgan fingerprint density at radius 3 is 2.45 bits per heavy atom. The second kappa shape index (κ2) is 10.6. The molecule has 3 aromatic rings. The van der Waals surface area contributed by atoms with Gasteiger partial charge in [0.05, 0.1) is 19.3 Å². The lowest BCUT2D eigenvalue weighted by atomic mass is 10.2. The fraction of sp³-hybridized carbons (Fsp3) is 0.160. The van der Waals surface area contributed by atoms with E-state index in [1.807, 2.05) is 42.5 Å². The Hall–Kier alpha value is -3.29. The van der Waals surface area contributed by atoms with Gasteiger partial charge in [-0.25, -0.2) is 4.99 Å². The third-order valence-electron chi connectivity index (χ3n) is 5.02. The number of amides is 2. The first-order valence-corrected chi connectivity index (χ1v) is 11.6. The van der Waals surface area contributed by atoms with Crippen LogP contribution in [-0.2, 0) is 16.1 Å². The largest absolute Gasteiger partial charge is 0.497 e. The topological polar surface area (TPSA) is 71.0 Å². The molecule has 1 fully saturated rings. The first-order valence-electron chi connectivity index (χ1n) is 10.3. The number of thioether (sulfide) groups is 1. The number of amidine groups is 1. The summed E-state index contributed by atoms with van der Waals surface area (Å²) in [4.78, 5) is 32.4. The monoisotopic (exact) mass is 479 g/mol. The molecule has 4 rings (SSSR count). The van der Waals surface area contributed by atoms with Gasteiger partial charge < -0.3 is 10.1 Å². The highest BCUT2D eigenvalue weighted by molar-refractivity contribution is 8.15. The molecule has 0 spiro atoms. The molecular formula is C25H22ClN3O3S. The van der Waals surface area contributed by atoms with Crippen molar-refractivity contribution in [2.45, 2.75) is 18.2 Å². The molecule has 1 aliphatic heterocycles. The maximum Gasteiger partial charge on any atom is 0.238 e. The van der Waals surface area contributed by atoms with Gasteiger partial charge in [-0.3, -0.25) is 14.5 Å². The van der Waals surface area contributed by atoms with Crippen molar-refractivity contribution in [3.05, 3.63) is 89.4 Å². The van der Waals surface area contributed by atoms with Gasteiger partial charge in [-0.05, 0) is 54.1 Å². The lowest BCUT2D eigenvalue weighted by Gasteiger charge is -2.32. The summed E-state index contributed by atoms with van der Waals surface area (Å²) in [6, 6.07) is 23.8. The maximum atomic E-state index is 13.1. The van der Waals surface area contributed by atoms with Crippen LogP contribution in [0, 0.1) is 0 Å². The Bertz CT molecular complexity index is 1150. The second-order valence-electron chi connectivity index (χ2n) is 7.36. The van der Waals surface area contributed by atoms with Crippen molar-refractivity contribution in [1.29, 1.82) is 0 Å². The van der Waals surface area contributed by atoms with Gasteiger partial charge in [0.1, 0.15) is 11.0 Å². The smallest absolute Gasteiger partial charge is 0.238 e. The normalized spacial score (nSPS) is 17.2. The number of halogens is 1. The molecule has 8 heteroatoms. The summed E-state index contributed by atoms with van der Waals surface area (Å²) in [6.45, 7) is 0.382. The molecule has 0 aromatic heterocycles. The van der Waals surface area contributed by atoms with Gasteiger partial charge in [0.15, 0.2) is 5.17 Å². The third kappa shape index (κ3) is 5.94. The van der Waals surface area contributed by atoms with Crippen molar-refractivity contribution in [1.82, 2.24) is 4.90 Å². The zero-order chi connectivity index (χ0) is 23.2. The molecule has 1 aliphatic rings. The maximum absolute atomic E-state index is 13.1. The minimum atomic E-state index is -0.600. The summed E-state index contributed by atoms with van der Waals surface area (Å²) in [6.07, 6.45) is 0.0819. The number of hydrogen-bond acceptors (Lipinski definition) is 5. The van der Waals surface area contributed by atoms with E-state index < -0.39 is 5.25 Å². The Morgan fingerprint density at radius 1 is 1.09 bits per heavy atom. The van der Waals surface area contributed by atoms with E-state index in [0.29, 0.717) is 33.9 Å². The summed E-state index contributed by atoms with van der Waals surface area (Å²) >= 11 is 7.21. The number of carbonyl (C=O) groups is 2. The number of rotatable bonds is 6. The van der Waals surface area contributed by atoms with Crippen molar-refractivity contribution < 1.29 is 14.3 Å². The zero-order valence-corrected chi connectivity index (χ0v) is 19.5. The summed E-state index contributed by atoms with van der Waals surface area (Å²) in [7, 11) is 1.60. The highest BCUT2D eigenvalue weighted by Crippen LogP contribution is 2.31. The average Bonchev–Trinajstić information content (AvgIpc) is 2.83. The Balaban J connectivity index is 1.59. The quantitative estimate of drug-likeness (QED) is 0.506. The van der Waals surface area contributed by atoms with Crippen LogP contribution in [0.25, 0.3) is 0 Å². The summed E-state index contributed by atoms with van der Waals surface area (Å²) < 4.78 is 5.21. The van der Waals surface area contributed by atoms with Gasteiger partial charge in [0.25, 0.3) is 0 Å². The van der Waals surface area contributed by atoms with Gasteiger partial charge in [-0.15, -0.1) is 0 Å². The summed E-state index contributed by atoms with van der Waals surface area (Å²) in [5, 5.41) is 3.33. The number of carbonyl (C=O) groups excluding carboxylic acids is 2. The molecule has 0 aliphatic carbocycles. The fourth-order valence-corrected chi connectivity index (χ4v) is 4.51. The average molecular weight is 480 g/mol. The minimum absolute atomic E-state index is 0.0819. The third-order valence-corrected chi connectivity index (χ3v) is 6.46. The van der Waals surface area contributed by atoms with Crippen LogP contribution in [0.2, 0.25) is 5.02 Å². The van der Waals surface area contributed by atoms with Gasteiger partial charge in [-0.1, -0.05) is 53.7 Å². The summed E-state index contributed by atoms with van der Waals surface area (Å²) in [5.41, 5.74) is 2.28. The molecule has 1 N–H and O–H groups in total. The predicted molar refractivity (Wildman–Crippen MR) is 133 cm³/mol. The van der Waals surface area contributed by atoms with Crippen LogP contribution < -0.4 is 10.1 Å². The number of ether oxygens (including phenoxy) is 1. The van der Waals surface area contributed by atoms with Crippen LogP contribution >= 0.6 is 23.4 Å². The zero-order valence-electron chi connectivity index (χ0n) is 17.9. The number of benzene rings is 3. The molecule has 0 bridgehead atoms. The first-order chi connectivity index (χ1) is 16.0. The highest BCUT2D eigenvalue weighted by atomic mass is 35.5. The molecule has 33 heavy (non-hydrogen) atoms. The molecule has 6 nitrogen and oxygen atoms in total. The molecule has 168 valence electrons. The number of methoxy groups -OCH3 is 1. The van der Waals surface area contributed by atoms with Crippen molar-refractivity contribution in [3.8, 4) is 5.75 Å². The van der Waals surface area contributed by atoms with Gasteiger partial charge in [0.2, 0.25) is 11.8 Å². The van der Waals surface area contributed by atoms with E-state index in [4.69, 9.17) is 21.3 Å².